The summed E-state index contributed by atoms with van der Waals surface area (Å²) in [7, 11) is 0. The van der Waals surface area contributed by atoms with Gasteiger partial charge in [0.2, 0.25) is 0 Å². The standard InChI is InChI=1S/C12H14ClFO2/c1-12(2,7-11(15)16)6-8-9(13)4-3-5-10(8)14/h3-5H,6-7H2,1-2H3,(H,15,16). The molecule has 0 aliphatic carbocycles. The van der Waals surface area contributed by atoms with Gasteiger partial charge in [0.1, 0.15) is 5.82 Å². The van der Waals surface area contributed by atoms with Crippen LogP contribution < -0.4 is 0 Å². The van der Waals surface area contributed by atoms with E-state index >= 15 is 0 Å². The monoisotopic (exact) mass is 244 g/mol. The number of carboxylic acids is 1. The van der Waals surface area contributed by atoms with Crippen LogP contribution >= 0.6 is 11.6 Å². The van der Waals surface area contributed by atoms with Gasteiger partial charge >= 0.3 is 5.97 Å². The van der Waals surface area contributed by atoms with Crippen LogP contribution in [0, 0.1) is 11.2 Å². The number of carbonyl (C=O) groups is 1. The maximum Gasteiger partial charge on any atom is 0.303 e. The van der Waals surface area contributed by atoms with E-state index in [1.807, 2.05) is 0 Å². The summed E-state index contributed by atoms with van der Waals surface area (Å²) >= 11 is 5.88. The van der Waals surface area contributed by atoms with Gasteiger partial charge in [0, 0.05) is 10.6 Å². The molecule has 0 unspecified atom stereocenters. The molecular formula is C12H14ClFO2. The molecule has 0 aromatic heterocycles. The molecule has 2 nitrogen and oxygen atoms in total. The van der Waals surface area contributed by atoms with Crippen LogP contribution in [0.1, 0.15) is 25.8 Å². The Kier molecular flexibility index (Phi) is 3.92. The van der Waals surface area contributed by atoms with Gasteiger partial charge in [-0.25, -0.2) is 4.39 Å². The van der Waals surface area contributed by atoms with Crippen molar-refractivity contribution in [3.8, 4) is 0 Å². The van der Waals surface area contributed by atoms with Crippen LogP contribution in [0.25, 0.3) is 0 Å². The molecule has 0 aliphatic rings. The Bertz CT molecular complexity index is 382. The molecule has 0 aliphatic heterocycles. The second-order valence-corrected chi connectivity index (χ2v) is 5.02. The number of halogens is 2. The molecule has 1 rings (SSSR count). The number of aliphatic carboxylic acids is 1. The van der Waals surface area contributed by atoms with E-state index in [-0.39, 0.29) is 12.2 Å². The Labute approximate surface area is 99.0 Å². The predicted molar refractivity (Wildman–Crippen MR) is 61.1 cm³/mol. The summed E-state index contributed by atoms with van der Waals surface area (Å²) in [5.41, 5.74) is -0.132. The highest BCUT2D eigenvalue weighted by Crippen LogP contribution is 2.30. The fraction of sp³-hybridized carbons (Fsp3) is 0.417. The van der Waals surface area contributed by atoms with E-state index in [4.69, 9.17) is 16.7 Å². The topological polar surface area (TPSA) is 37.3 Å². The summed E-state index contributed by atoms with van der Waals surface area (Å²) < 4.78 is 13.5. The van der Waals surface area contributed by atoms with Crippen molar-refractivity contribution >= 4 is 17.6 Å². The summed E-state index contributed by atoms with van der Waals surface area (Å²) in [6.45, 7) is 3.56. The zero-order chi connectivity index (χ0) is 12.3. The zero-order valence-electron chi connectivity index (χ0n) is 9.26. The number of rotatable bonds is 4. The van der Waals surface area contributed by atoms with Crippen molar-refractivity contribution in [2.75, 3.05) is 0 Å². The van der Waals surface area contributed by atoms with Crippen LogP contribution in [-0.2, 0) is 11.2 Å². The molecule has 0 saturated carbocycles. The lowest BCUT2D eigenvalue weighted by Crippen LogP contribution is -2.20. The van der Waals surface area contributed by atoms with Gasteiger partial charge in [-0.3, -0.25) is 4.79 Å². The highest BCUT2D eigenvalue weighted by Gasteiger charge is 2.24. The molecule has 0 saturated heterocycles. The van der Waals surface area contributed by atoms with E-state index in [0.717, 1.165) is 0 Å². The van der Waals surface area contributed by atoms with Crippen molar-refractivity contribution in [1.29, 1.82) is 0 Å². The minimum atomic E-state index is -0.891. The fourth-order valence-electron chi connectivity index (χ4n) is 1.65. The first kappa shape index (κ1) is 13.0. The van der Waals surface area contributed by atoms with Crippen molar-refractivity contribution in [1.82, 2.24) is 0 Å². The van der Waals surface area contributed by atoms with Crippen molar-refractivity contribution in [2.45, 2.75) is 26.7 Å². The fourth-order valence-corrected chi connectivity index (χ4v) is 1.88. The third-order valence-corrected chi connectivity index (χ3v) is 2.70. The maximum atomic E-state index is 13.5. The minimum Gasteiger partial charge on any atom is -0.481 e. The Morgan fingerprint density at radius 3 is 2.62 bits per heavy atom. The zero-order valence-corrected chi connectivity index (χ0v) is 10.0. The van der Waals surface area contributed by atoms with E-state index in [2.05, 4.69) is 0 Å². The third kappa shape index (κ3) is 3.49. The smallest absolute Gasteiger partial charge is 0.303 e. The van der Waals surface area contributed by atoms with Crippen molar-refractivity contribution in [3.63, 3.8) is 0 Å². The van der Waals surface area contributed by atoms with Gasteiger partial charge in [0.15, 0.2) is 0 Å². The molecule has 16 heavy (non-hydrogen) atoms. The molecule has 1 N–H and O–H groups in total. The molecule has 0 heterocycles. The molecule has 0 fully saturated rings. The van der Waals surface area contributed by atoms with Gasteiger partial charge < -0.3 is 5.11 Å². The van der Waals surface area contributed by atoms with E-state index in [1.54, 1.807) is 19.9 Å². The molecule has 0 spiro atoms. The Morgan fingerprint density at radius 2 is 2.12 bits per heavy atom. The first-order chi connectivity index (χ1) is 7.32. The summed E-state index contributed by atoms with van der Waals surface area (Å²) in [6.07, 6.45) is 0.294. The van der Waals surface area contributed by atoms with Gasteiger partial charge in [-0.2, -0.15) is 0 Å². The Hall–Kier alpha value is -1.09. The van der Waals surface area contributed by atoms with Gasteiger partial charge in [-0.1, -0.05) is 31.5 Å². The average Bonchev–Trinajstić information content (AvgIpc) is 2.09. The molecular weight excluding hydrogens is 231 g/mol. The van der Waals surface area contributed by atoms with E-state index in [1.165, 1.54) is 12.1 Å². The molecule has 88 valence electrons. The van der Waals surface area contributed by atoms with E-state index in [0.29, 0.717) is 17.0 Å². The number of hydrogen-bond donors (Lipinski definition) is 1. The summed E-state index contributed by atoms with van der Waals surface area (Å²) in [6, 6.07) is 4.47. The van der Waals surface area contributed by atoms with Crippen LogP contribution in [0.15, 0.2) is 18.2 Å². The van der Waals surface area contributed by atoms with E-state index in [9.17, 15) is 9.18 Å². The van der Waals surface area contributed by atoms with Crippen LogP contribution in [0.4, 0.5) is 4.39 Å². The summed E-state index contributed by atoms with van der Waals surface area (Å²) in [4.78, 5) is 10.6. The number of benzene rings is 1. The van der Waals surface area contributed by atoms with Gasteiger partial charge in [0.05, 0.1) is 6.42 Å². The average molecular weight is 245 g/mol. The lowest BCUT2D eigenvalue weighted by molar-refractivity contribution is -0.139. The first-order valence-electron chi connectivity index (χ1n) is 4.96. The SMILES string of the molecule is CC(C)(CC(=O)O)Cc1c(F)cccc1Cl. The molecule has 4 heteroatoms. The lowest BCUT2D eigenvalue weighted by Gasteiger charge is -2.23. The highest BCUT2D eigenvalue weighted by atomic mass is 35.5. The van der Waals surface area contributed by atoms with Crippen LogP contribution in [0.5, 0.6) is 0 Å². The van der Waals surface area contributed by atoms with Crippen molar-refractivity contribution in [2.24, 2.45) is 5.41 Å². The largest absolute Gasteiger partial charge is 0.481 e. The molecule has 0 amide bonds. The first-order valence-corrected chi connectivity index (χ1v) is 5.34. The number of hydrogen-bond acceptors (Lipinski definition) is 1. The summed E-state index contributed by atoms with van der Waals surface area (Å²) in [5.74, 6) is -1.27. The van der Waals surface area contributed by atoms with Gasteiger partial charge in [-0.15, -0.1) is 0 Å². The van der Waals surface area contributed by atoms with E-state index < -0.39 is 11.4 Å². The van der Waals surface area contributed by atoms with Gasteiger partial charge in [0.25, 0.3) is 0 Å². The van der Waals surface area contributed by atoms with Crippen molar-refractivity contribution in [3.05, 3.63) is 34.6 Å². The molecule has 1 aromatic rings. The lowest BCUT2D eigenvalue weighted by atomic mass is 9.82. The Morgan fingerprint density at radius 1 is 1.50 bits per heavy atom. The molecule has 0 atom stereocenters. The molecule has 1 aromatic carbocycles. The third-order valence-electron chi connectivity index (χ3n) is 2.35. The normalized spacial score (nSPS) is 11.5. The molecule has 0 radical (unpaired) electrons. The minimum absolute atomic E-state index is 0.0162. The van der Waals surface area contributed by atoms with Crippen molar-refractivity contribution < 1.29 is 14.3 Å². The highest BCUT2D eigenvalue weighted by molar-refractivity contribution is 6.31. The van der Waals surface area contributed by atoms with Crippen LogP contribution in [0.3, 0.4) is 0 Å². The van der Waals surface area contributed by atoms with Crippen LogP contribution in [-0.4, -0.2) is 11.1 Å². The second-order valence-electron chi connectivity index (χ2n) is 4.61. The second kappa shape index (κ2) is 4.83. The Balaban J connectivity index is 2.91. The summed E-state index contributed by atoms with van der Waals surface area (Å²) in [5, 5.41) is 9.08. The van der Waals surface area contributed by atoms with Crippen LogP contribution in [0.2, 0.25) is 5.02 Å². The number of carboxylic acid groups (broad SMARTS) is 1. The molecule has 0 bridgehead atoms. The maximum absolute atomic E-state index is 13.5. The predicted octanol–water partition coefficient (Wildman–Crippen LogP) is 3.52. The van der Waals surface area contributed by atoms with Gasteiger partial charge in [-0.05, 0) is 24.0 Å². The quantitative estimate of drug-likeness (QED) is 0.880.